The maximum Gasteiger partial charge on any atom is 0.276 e. The number of H-pyrrole nitrogens is 1. The lowest BCUT2D eigenvalue weighted by atomic mass is 9.95. The molecule has 36 heavy (non-hydrogen) atoms. The molecule has 184 valence electrons. The molecule has 1 aliphatic heterocycles. The highest BCUT2D eigenvalue weighted by molar-refractivity contribution is 6.33. The first-order valence-corrected chi connectivity index (χ1v) is 11.8. The van der Waals surface area contributed by atoms with E-state index in [1.807, 2.05) is 6.92 Å². The third kappa shape index (κ3) is 4.57. The molecule has 1 aliphatic rings. The SMILES string of the molecule is CC1CN(C(=O)c2ccc[nH]2)Cc2c(C(=O)Nc3ccc(Cl)c(N)c3)nn(Cc3ccc(F)cc3)c21. The molecule has 0 bridgehead atoms. The number of nitrogens with two attached hydrogens (primary N) is 1. The second-order valence-corrected chi connectivity index (χ2v) is 9.26. The van der Waals surface area contributed by atoms with Gasteiger partial charge in [-0.3, -0.25) is 14.3 Å². The lowest BCUT2D eigenvalue weighted by molar-refractivity contribution is 0.0711. The number of amides is 2. The predicted molar refractivity (Wildman–Crippen MR) is 135 cm³/mol. The Morgan fingerprint density at radius 1 is 1.22 bits per heavy atom. The Kier molecular flexibility index (Phi) is 6.24. The van der Waals surface area contributed by atoms with Crippen molar-refractivity contribution in [2.24, 2.45) is 0 Å². The van der Waals surface area contributed by atoms with Crippen LogP contribution in [-0.4, -0.2) is 38.0 Å². The molecule has 0 radical (unpaired) electrons. The summed E-state index contributed by atoms with van der Waals surface area (Å²) < 4.78 is 15.2. The monoisotopic (exact) mass is 506 g/mol. The van der Waals surface area contributed by atoms with Crippen molar-refractivity contribution in [3.05, 3.63) is 99.8 Å². The van der Waals surface area contributed by atoms with Crippen LogP contribution in [0.5, 0.6) is 0 Å². The van der Waals surface area contributed by atoms with E-state index in [2.05, 4.69) is 15.4 Å². The Balaban J connectivity index is 1.51. The van der Waals surface area contributed by atoms with Crippen LogP contribution < -0.4 is 11.1 Å². The fourth-order valence-corrected chi connectivity index (χ4v) is 4.68. The largest absolute Gasteiger partial charge is 0.397 e. The first kappa shape index (κ1) is 23.6. The molecule has 1 atom stereocenters. The normalized spacial score (nSPS) is 15.0. The minimum Gasteiger partial charge on any atom is -0.397 e. The van der Waals surface area contributed by atoms with E-state index < -0.39 is 5.91 Å². The molecule has 4 N–H and O–H groups in total. The number of aromatic nitrogens is 3. The van der Waals surface area contributed by atoms with Gasteiger partial charge in [-0.1, -0.05) is 30.7 Å². The van der Waals surface area contributed by atoms with Gasteiger partial charge in [-0.05, 0) is 48.0 Å². The van der Waals surface area contributed by atoms with E-state index in [4.69, 9.17) is 17.3 Å². The van der Waals surface area contributed by atoms with Crippen molar-refractivity contribution in [1.82, 2.24) is 19.7 Å². The summed E-state index contributed by atoms with van der Waals surface area (Å²) in [5, 5.41) is 7.89. The van der Waals surface area contributed by atoms with Crippen LogP contribution in [0.25, 0.3) is 0 Å². The average Bonchev–Trinajstić information content (AvgIpc) is 3.51. The van der Waals surface area contributed by atoms with E-state index in [0.717, 1.165) is 11.3 Å². The molecule has 0 saturated heterocycles. The highest BCUT2D eigenvalue weighted by atomic mass is 35.5. The van der Waals surface area contributed by atoms with Crippen LogP contribution >= 0.6 is 11.6 Å². The number of anilines is 2. The molecule has 0 spiro atoms. The number of aromatic amines is 1. The van der Waals surface area contributed by atoms with Crippen molar-refractivity contribution in [2.45, 2.75) is 25.9 Å². The summed E-state index contributed by atoms with van der Waals surface area (Å²) >= 11 is 6.01. The summed E-state index contributed by atoms with van der Waals surface area (Å²) in [7, 11) is 0. The zero-order valence-corrected chi connectivity index (χ0v) is 20.2. The number of hydrogen-bond acceptors (Lipinski definition) is 4. The van der Waals surface area contributed by atoms with E-state index in [1.165, 1.54) is 12.1 Å². The molecule has 10 heteroatoms. The highest BCUT2D eigenvalue weighted by Crippen LogP contribution is 2.32. The summed E-state index contributed by atoms with van der Waals surface area (Å²) in [4.78, 5) is 31.1. The number of carbonyl (C=O) groups excluding carboxylic acids is 2. The molecule has 1 unspecified atom stereocenters. The lowest BCUT2D eigenvalue weighted by Crippen LogP contribution is -2.38. The topological polar surface area (TPSA) is 109 Å². The molecule has 2 amide bonds. The van der Waals surface area contributed by atoms with Crippen molar-refractivity contribution >= 4 is 34.8 Å². The summed E-state index contributed by atoms with van der Waals surface area (Å²) in [6.45, 7) is 3.05. The molecule has 4 aromatic rings. The number of fused-ring (bicyclic) bond motifs is 1. The van der Waals surface area contributed by atoms with Crippen molar-refractivity contribution in [3.63, 3.8) is 0 Å². The maximum atomic E-state index is 13.4. The van der Waals surface area contributed by atoms with Crippen LogP contribution in [0.3, 0.4) is 0 Å². The number of hydrogen-bond donors (Lipinski definition) is 3. The predicted octanol–water partition coefficient (Wildman–Crippen LogP) is 4.65. The zero-order valence-electron chi connectivity index (χ0n) is 19.5. The third-order valence-electron chi connectivity index (χ3n) is 6.23. The third-order valence-corrected chi connectivity index (χ3v) is 6.58. The van der Waals surface area contributed by atoms with E-state index in [0.29, 0.717) is 40.7 Å². The van der Waals surface area contributed by atoms with Gasteiger partial charge in [-0.25, -0.2) is 4.39 Å². The number of nitrogen functional groups attached to an aromatic ring is 1. The number of nitrogens with zero attached hydrogens (tertiary/aromatic N) is 3. The summed E-state index contributed by atoms with van der Waals surface area (Å²) in [6.07, 6.45) is 1.70. The first-order chi connectivity index (χ1) is 17.3. The summed E-state index contributed by atoms with van der Waals surface area (Å²) in [6, 6.07) is 14.5. The molecule has 8 nitrogen and oxygen atoms in total. The van der Waals surface area contributed by atoms with E-state index in [1.54, 1.807) is 58.2 Å². The number of benzene rings is 2. The molecule has 2 aromatic carbocycles. The molecular formula is C26H24ClFN6O2. The van der Waals surface area contributed by atoms with Crippen LogP contribution in [0.1, 0.15) is 50.6 Å². The summed E-state index contributed by atoms with van der Waals surface area (Å²) in [5.41, 5.74) is 9.80. The highest BCUT2D eigenvalue weighted by Gasteiger charge is 2.34. The second kappa shape index (κ2) is 9.50. The Morgan fingerprint density at radius 3 is 2.69 bits per heavy atom. The van der Waals surface area contributed by atoms with Crippen molar-refractivity contribution < 1.29 is 14.0 Å². The van der Waals surface area contributed by atoms with Gasteiger partial charge in [0.05, 0.1) is 23.8 Å². The molecule has 0 saturated carbocycles. The van der Waals surface area contributed by atoms with Crippen molar-refractivity contribution in [2.75, 3.05) is 17.6 Å². The van der Waals surface area contributed by atoms with E-state index >= 15 is 0 Å². The van der Waals surface area contributed by atoms with Crippen molar-refractivity contribution in [3.8, 4) is 0 Å². The first-order valence-electron chi connectivity index (χ1n) is 11.4. The number of carbonyl (C=O) groups is 2. The van der Waals surface area contributed by atoms with Gasteiger partial charge in [0.25, 0.3) is 11.8 Å². The van der Waals surface area contributed by atoms with Gasteiger partial charge in [0.2, 0.25) is 0 Å². The standard InChI is InChI=1S/C26H24ClFN6O2/c1-15-12-33(26(36)22-3-2-10-30-22)14-19-23(25(35)31-18-8-9-20(27)21(29)11-18)32-34(24(15)19)13-16-4-6-17(28)7-5-16/h2-11,15,30H,12-14,29H2,1H3,(H,31,35). The Labute approximate surface area is 211 Å². The van der Waals surface area contributed by atoms with Crippen LogP contribution in [-0.2, 0) is 13.1 Å². The molecule has 3 heterocycles. The zero-order chi connectivity index (χ0) is 25.4. The van der Waals surface area contributed by atoms with Gasteiger partial charge in [-0.15, -0.1) is 0 Å². The summed E-state index contributed by atoms with van der Waals surface area (Å²) in [5.74, 6) is -0.989. The van der Waals surface area contributed by atoms with Gasteiger partial charge in [-0.2, -0.15) is 5.10 Å². The van der Waals surface area contributed by atoms with Gasteiger partial charge in [0.15, 0.2) is 5.69 Å². The number of rotatable bonds is 5. The van der Waals surface area contributed by atoms with E-state index in [-0.39, 0.29) is 29.9 Å². The van der Waals surface area contributed by atoms with Gasteiger partial charge in [0.1, 0.15) is 11.5 Å². The van der Waals surface area contributed by atoms with Crippen LogP contribution in [0.4, 0.5) is 15.8 Å². The average molecular weight is 507 g/mol. The molecular weight excluding hydrogens is 483 g/mol. The van der Waals surface area contributed by atoms with Gasteiger partial charge >= 0.3 is 0 Å². The number of nitrogens with one attached hydrogen (secondary N) is 2. The van der Waals surface area contributed by atoms with E-state index in [9.17, 15) is 14.0 Å². The van der Waals surface area contributed by atoms with Crippen molar-refractivity contribution in [1.29, 1.82) is 0 Å². The second-order valence-electron chi connectivity index (χ2n) is 8.86. The molecule has 0 fully saturated rings. The Morgan fingerprint density at radius 2 is 2.00 bits per heavy atom. The maximum absolute atomic E-state index is 13.4. The lowest BCUT2D eigenvalue weighted by Gasteiger charge is -2.32. The minimum atomic E-state index is -0.424. The minimum absolute atomic E-state index is 0.0895. The molecule has 0 aliphatic carbocycles. The fourth-order valence-electron chi connectivity index (χ4n) is 4.56. The van der Waals surface area contributed by atoms with Gasteiger partial charge < -0.3 is 20.9 Å². The van der Waals surface area contributed by atoms with Crippen LogP contribution in [0.15, 0.2) is 60.8 Å². The quantitative estimate of drug-likeness (QED) is 0.342. The number of halogens is 2. The Hall–Kier alpha value is -4.11. The van der Waals surface area contributed by atoms with Crippen LogP contribution in [0.2, 0.25) is 5.02 Å². The van der Waals surface area contributed by atoms with Crippen LogP contribution in [0, 0.1) is 5.82 Å². The fraction of sp³-hybridized carbons (Fsp3) is 0.192. The van der Waals surface area contributed by atoms with Gasteiger partial charge in [0, 0.05) is 35.6 Å². The smallest absolute Gasteiger partial charge is 0.276 e. The molecule has 5 rings (SSSR count). The Bertz CT molecular complexity index is 1430. The molecule has 2 aromatic heterocycles.